The molecule has 0 bridgehead atoms. The normalized spacial score (nSPS) is 12.2. The van der Waals surface area contributed by atoms with Gasteiger partial charge in [0.1, 0.15) is 5.92 Å². The van der Waals surface area contributed by atoms with Gasteiger partial charge in [0.25, 0.3) is 0 Å². The number of nitrogens with one attached hydrogen (secondary N) is 1. The third kappa shape index (κ3) is 5.67. The average molecular weight is 293 g/mol. The van der Waals surface area contributed by atoms with Crippen LogP contribution in [0.4, 0.5) is 0 Å². The van der Waals surface area contributed by atoms with Gasteiger partial charge in [-0.3, -0.25) is 4.79 Å². The SMILES string of the molecule is CN(C)CCCCNC(=O)C(C(N)=S)c1ccccc1. The summed E-state index contributed by atoms with van der Waals surface area (Å²) < 4.78 is 0. The van der Waals surface area contributed by atoms with E-state index in [1.165, 1.54) is 0 Å². The van der Waals surface area contributed by atoms with Gasteiger partial charge >= 0.3 is 0 Å². The highest BCUT2D eigenvalue weighted by Gasteiger charge is 2.22. The Balaban J connectivity index is 2.48. The molecule has 0 aromatic heterocycles. The van der Waals surface area contributed by atoms with E-state index in [0.717, 1.165) is 24.9 Å². The fourth-order valence-electron chi connectivity index (χ4n) is 1.96. The van der Waals surface area contributed by atoms with E-state index in [1.807, 2.05) is 44.4 Å². The predicted octanol–water partition coefficient (Wildman–Crippen LogP) is 1.51. The molecule has 0 saturated carbocycles. The van der Waals surface area contributed by atoms with E-state index < -0.39 is 5.92 Å². The summed E-state index contributed by atoms with van der Waals surface area (Å²) in [6.45, 7) is 1.67. The number of rotatable bonds is 8. The third-order valence-electron chi connectivity index (χ3n) is 3.01. The van der Waals surface area contributed by atoms with Gasteiger partial charge < -0.3 is 16.0 Å². The van der Waals surface area contributed by atoms with Gasteiger partial charge in [-0.15, -0.1) is 0 Å². The summed E-state index contributed by atoms with van der Waals surface area (Å²) in [6, 6.07) is 9.40. The second-order valence-corrected chi connectivity index (χ2v) is 5.52. The Morgan fingerprint density at radius 2 is 1.95 bits per heavy atom. The molecule has 0 aliphatic heterocycles. The van der Waals surface area contributed by atoms with Crippen molar-refractivity contribution in [1.29, 1.82) is 0 Å². The molecule has 5 heteroatoms. The first kappa shape index (κ1) is 16.6. The van der Waals surface area contributed by atoms with E-state index in [0.29, 0.717) is 6.54 Å². The molecule has 1 amide bonds. The largest absolute Gasteiger partial charge is 0.392 e. The van der Waals surface area contributed by atoms with E-state index in [4.69, 9.17) is 18.0 Å². The molecule has 0 heterocycles. The second kappa shape index (κ2) is 8.66. The Morgan fingerprint density at radius 3 is 2.50 bits per heavy atom. The van der Waals surface area contributed by atoms with E-state index in [9.17, 15) is 4.79 Å². The molecule has 1 rings (SSSR count). The number of unbranched alkanes of at least 4 members (excludes halogenated alkanes) is 1. The fraction of sp³-hybridized carbons (Fsp3) is 0.467. The van der Waals surface area contributed by atoms with Gasteiger partial charge in [-0.2, -0.15) is 0 Å². The van der Waals surface area contributed by atoms with Crippen LogP contribution in [-0.2, 0) is 4.79 Å². The summed E-state index contributed by atoms with van der Waals surface area (Å²) in [5, 5.41) is 2.91. The van der Waals surface area contributed by atoms with Crippen LogP contribution in [0.1, 0.15) is 24.3 Å². The first-order valence-corrected chi connectivity index (χ1v) is 7.20. The molecular formula is C15H23N3OS. The molecule has 1 unspecified atom stereocenters. The van der Waals surface area contributed by atoms with Crippen LogP contribution in [0.25, 0.3) is 0 Å². The molecule has 4 nitrogen and oxygen atoms in total. The van der Waals surface area contributed by atoms with Crippen molar-refractivity contribution in [3.8, 4) is 0 Å². The van der Waals surface area contributed by atoms with Gasteiger partial charge in [-0.25, -0.2) is 0 Å². The minimum absolute atomic E-state index is 0.117. The summed E-state index contributed by atoms with van der Waals surface area (Å²) in [4.78, 5) is 14.5. The molecule has 110 valence electrons. The van der Waals surface area contributed by atoms with Crippen molar-refractivity contribution >= 4 is 23.1 Å². The van der Waals surface area contributed by atoms with Crippen LogP contribution >= 0.6 is 12.2 Å². The molecule has 20 heavy (non-hydrogen) atoms. The maximum absolute atomic E-state index is 12.2. The zero-order chi connectivity index (χ0) is 15.0. The first-order valence-electron chi connectivity index (χ1n) is 6.79. The number of hydrogen-bond donors (Lipinski definition) is 2. The number of nitrogens with zero attached hydrogens (tertiary/aromatic N) is 1. The fourth-order valence-corrected chi connectivity index (χ4v) is 2.20. The van der Waals surface area contributed by atoms with Crippen LogP contribution in [0, 0.1) is 0 Å². The highest BCUT2D eigenvalue weighted by atomic mass is 32.1. The van der Waals surface area contributed by atoms with E-state index >= 15 is 0 Å². The number of nitrogens with two attached hydrogens (primary N) is 1. The van der Waals surface area contributed by atoms with Gasteiger partial charge in [0.15, 0.2) is 0 Å². The summed E-state index contributed by atoms with van der Waals surface area (Å²) >= 11 is 5.02. The van der Waals surface area contributed by atoms with E-state index in [1.54, 1.807) is 0 Å². The first-order chi connectivity index (χ1) is 9.52. The molecule has 0 saturated heterocycles. The molecular weight excluding hydrogens is 270 g/mol. The molecule has 1 aromatic carbocycles. The zero-order valence-corrected chi connectivity index (χ0v) is 13.0. The number of carbonyl (C=O) groups excluding carboxylic acids is 1. The minimum Gasteiger partial charge on any atom is -0.392 e. The number of thiocarbonyl (C=S) groups is 1. The van der Waals surface area contributed by atoms with Crippen LogP contribution in [0.15, 0.2) is 30.3 Å². The van der Waals surface area contributed by atoms with Crippen molar-refractivity contribution < 1.29 is 4.79 Å². The lowest BCUT2D eigenvalue weighted by Gasteiger charge is -2.16. The minimum atomic E-state index is -0.542. The van der Waals surface area contributed by atoms with Crippen molar-refractivity contribution in [2.75, 3.05) is 27.2 Å². The average Bonchev–Trinajstić information content (AvgIpc) is 2.39. The highest BCUT2D eigenvalue weighted by Crippen LogP contribution is 2.16. The van der Waals surface area contributed by atoms with Gasteiger partial charge in [-0.1, -0.05) is 42.5 Å². The Hall–Kier alpha value is -1.46. The van der Waals surface area contributed by atoms with Gasteiger partial charge in [0, 0.05) is 6.54 Å². The van der Waals surface area contributed by atoms with Crippen molar-refractivity contribution in [2.24, 2.45) is 5.73 Å². The van der Waals surface area contributed by atoms with Crippen molar-refractivity contribution in [3.05, 3.63) is 35.9 Å². The molecule has 0 aliphatic rings. The number of benzene rings is 1. The number of carbonyl (C=O) groups is 1. The smallest absolute Gasteiger partial charge is 0.234 e. The van der Waals surface area contributed by atoms with Crippen molar-refractivity contribution in [1.82, 2.24) is 10.2 Å². The second-order valence-electron chi connectivity index (χ2n) is 5.05. The Kier molecular flexibility index (Phi) is 7.18. The molecule has 0 aliphatic carbocycles. The Morgan fingerprint density at radius 1 is 1.30 bits per heavy atom. The summed E-state index contributed by atoms with van der Waals surface area (Å²) in [5.41, 5.74) is 6.54. The molecule has 0 spiro atoms. The highest BCUT2D eigenvalue weighted by molar-refractivity contribution is 7.80. The Bertz CT molecular complexity index is 434. The zero-order valence-electron chi connectivity index (χ0n) is 12.1. The van der Waals surface area contributed by atoms with E-state index in [2.05, 4.69) is 10.2 Å². The lowest BCUT2D eigenvalue weighted by Crippen LogP contribution is -2.36. The maximum atomic E-state index is 12.2. The molecule has 3 N–H and O–H groups in total. The summed E-state index contributed by atoms with van der Waals surface area (Å²) in [7, 11) is 4.08. The molecule has 1 aromatic rings. The molecule has 1 atom stereocenters. The van der Waals surface area contributed by atoms with Crippen LogP contribution in [-0.4, -0.2) is 43.0 Å². The van der Waals surface area contributed by atoms with Gasteiger partial charge in [0.2, 0.25) is 5.91 Å². The summed E-state index contributed by atoms with van der Waals surface area (Å²) in [6.07, 6.45) is 2.00. The van der Waals surface area contributed by atoms with Gasteiger partial charge in [0.05, 0.1) is 4.99 Å². The van der Waals surface area contributed by atoms with E-state index in [-0.39, 0.29) is 10.9 Å². The Labute approximate surface area is 126 Å². The molecule has 0 fully saturated rings. The predicted molar refractivity (Wildman–Crippen MR) is 86.8 cm³/mol. The quantitative estimate of drug-likeness (QED) is 0.563. The van der Waals surface area contributed by atoms with Crippen molar-refractivity contribution in [2.45, 2.75) is 18.8 Å². The lowest BCUT2D eigenvalue weighted by atomic mass is 9.98. The lowest BCUT2D eigenvalue weighted by molar-refractivity contribution is -0.121. The standard InChI is InChI=1S/C15H23N3OS/c1-18(2)11-7-6-10-17-15(19)13(14(16)20)12-8-4-3-5-9-12/h3-5,8-9,13H,6-7,10-11H2,1-2H3,(H2,16,20)(H,17,19). The maximum Gasteiger partial charge on any atom is 0.234 e. The monoisotopic (exact) mass is 293 g/mol. The van der Waals surface area contributed by atoms with Crippen LogP contribution in [0.3, 0.4) is 0 Å². The summed E-state index contributed by atoms with van der Waals surface area (Å²) in [5.74, 6) is -0.659. The van der Waals surface area contributed by atoms with Crippen LogP contribution < -0.4 is 11.1 Å². The number of hydrogen-bond acceptors (Lipinski definition) is 3. The topological polar surface area (TPSA) is 58.4 Å². The number of amides is 1. The van der Waals surface area contributed by atoms with Gasteiger partial charge in [-0.05, 0) is 39.0 Å². The third-order valence-corrected chi connectivity index (χ3v) is 3.25. The van der Waals surface area contributed by atoms with Crippen LogP contribution in [0.2, 0.25) is 0 Å². The van der Waals surface area contributed by atoms with Crippen LogP contribution in [0.5, 0.6) is 0 Å². The molecule has 0 radical (unpaired) electrons. The van der Waals surface area contributed by atoms with Crippen molar-refractivity contribution in [3.63, 3.8) is 0 Å².